The minimum absolute atomic E-state index is 0.0329. The number of hydrogen-bond acceptors (Lipinski definition) is 7. The molecule has 0 saturated carbocycles. The van der Waals surface area contributed by atoms with Crippen LogP contribution in [0.4, 0.5) is 0 Å². The van der Waals surface area contributed by atoms with Crippen molar-refractivity contribution in [2.75, 3.05) is 12.4 Å². The molecular weight excluding hydrogens is 416 g/mol. The minimum atomic E-state index is -1.02. The lowest BCUT2D eigenvalue weighted by Gasteiger charge is -2.09. The number of aromatic nitrogens is 1. The van der Waals surface area contributed by atoms with Crippen molar-refractivity contribution < 1.29 is 14.3 Å². The average molecular weight is 431 g/mol. The molecule has 0 spiro atoms. The first-order chi connectivity index (χ1) is 13.5. The molecular formula is C20H15ClN2O3S2. The Bertz CT molecular complexity index is 1070. The van der Waals surface area contributed by atoms with E-state index >= 15 is 0 Å². The third-order valence-electron chi connectivity index (χ3n) is 3.87. The van der Waals surface area contributed by atoms with Crippen LogP contribution in [0.1, 0.15) is 16.6 Å². The van der Waals surface area contributed by atoms with E-state index < -0.39 is 24.3 Å². The van der Waals surface area contributed by atoms with Crippen molar-refractivity contribution in [1.82, 2.24) is 4.98 Å². The Kier molecular flexibility index (Phi) is 6.68. The van der Waals surface area contributed by atoms with Crippen molar-refractivity contribution >= 4 is 57.2 Å². The number of ketones is 1. The smallest absolute Gasteiger partial charge is 0.316 e. The summed E-state index contributed by atoms with van der Waals surface area (Å²) in [6, 6.07) is 13.3. The van der Waals surface area contributed by atoms with Crippen LogP contribution in [-0.2, 0) is 14.3 Å². The molecule has 1 heterocycles. The SMILES string of the molecule is Cc1csc(C(C#N)C(=O)COC(=O)CSc2cccc3cccc(Cl)c23)n1. The van der Waals surface area contributed by atoms with Gasteiger partial charge in [-0.05, 0) is 24.4 Å². The lowest BCUT2D eigenvalue weighted by Crippen LogP contribution is -2.20. The Morgan fingerprint density at radius 1 is 1.32 bits per heavy atom. The van der Waals surface area contributed by atoms with Crippen molar-refractivity contribution in [2.24, 2.45) is 0 Å². The van der Waals surface area contributed by atoms with Gasteiger partial charge in [-0.2, -0.15) is 5.26 Å². The molecule has 3 aromatic rings. The predicted octanol–water partition coefficient (Wildman–Crippen LogP) is 4.77. The molecule has 3 rings (SSSR count). The molecule has 0 N–H and O–H groups in total. The Balaban J connectivity index is 1.58. The second kappa shape index (κ2) is 9.20. The lowest BCUT2D eigenvalue weighted by molar-refractivity contribution is -0.145. The van der Waals surface area contributed by atoms with E-state index in [1.165, 1.54) is 23.1 Å². The van der Waals surface area contributed by atoms with E-state index in [-0.39, 0.29) is 5.75 Å². The monoisotopic (exact) mass is 430 g/mol. The van der Waals surface area contributed by atoms with Gasteiger partial charge in [0.2, 0.25) is 0 Å². The number of esters is 1. The maximum atomic E-state index is 12.2. The number of halogens is 1. The maximum Gasteiger partial charge on any atom is 0.316 e. The van der Waals surface area contributed by atoms with E-state index in [1.807, 2.05) is 36.4 Å². The van der Waals surface area contributed by atoms with E-state index in [0.717, 1.165) is 21.4 Å². The van der Waals surface area contributed by atoms with Crippen molar-refractivity contribution in [3.8, 4) is 6.07 Å². The number of aryl methyl sites for hydroxylation is 1. The molecule has 142 valence electrons. The number of thioether (sulfide) groups is 1. The van der Waals surface area contributed by atoms with Crippen molar-refractivity contribution in [1.29, 1.82) is 5.26 Å². The number of ether oxygens (including phenoxy) is 1. The highest BCUT2D eigenvalue weighted by molar-refractivity contribution is 8.00. The first-order valence-electron chi connectivity index (χ1n) is 8.29. The predicted molar refractivity (Wildman–Crippen MR) is 111 cm³/mol. The minimum Gasteiger partial charge on any atom is -0.457 e. The van der Waals surface area contributed by atoms with E-state index in [9.17, 15) is 14.9 Å². The van der Waals surface area contributed by atoms with E-state index in [4.69, 9.17) is 16.3 Å². The van der Waals surface area contributed by atoms with Crippen molar-refractivity contribution in [2.45, 2.75) is 17.7 Å². The molecule has 1 atom stereocenters. The molecule has 0 saturated heterocycles. The molecule has 0 radical (unpaired) electrons. The molecule has 8 heteroatoms. The third kappa shape index (κ3) is 4.71. The molecule has 1 aromatic heterocycles. The van der Waals surface area contributed by atoms with Crippen LogP contribution in [0, 0.1) is 18.3 Å². The summed E-state index contributed by atoms with van der Waals surface area (Å²) in [7, 11) is 0. The number of thiazole rings is 1. The van der Waals surface area contributed by atoms with Crippen LogP contribution in [-0.4, -0.2) is 29.1 Å². The molecule has 0 amide bonds. The quantitative estimate of drug-likeness (QED) is 0.396. The highest BCUT2D eigenvalue weighted by Crippen LogP contribution is 2.33. The van der Waals surface area contributed by atoms with Crippen LogP contribution in [0.25, 0.3) is 10.8 Å². The maximum absolute atomic E-state index is 12.2. The van der Waals surface area contributed by atoms with E-state index in [1.54, 1.807) is 18.4 Å². The number of nitrogens with zero attached hydrogens (tertiary/aromatic N) is 2. The fourth-order valence-electron chi connectivity index (χ4n) is 2.57. The van der Waals surface area contributed by atoms with Crippen molar-refractivity contribution in [3.05, 3.63) is 57.5 Å². The highest BCUT2D eigenvalue weighted by Gasteiger charge is 2.24. The number of fused-ring (bicyclic) bond motifs is 1. The van der Waals surface area contributed by atoms with Gasteiger partial charge in [-0.25, -0.2) is 4.98 Å². The van der Waals surface area contributed by atoms with Gasteiger partial charge < -0.3 is 4.74 Å². The summed E-state index contributed by atoms with van der Waals surface area (Å²) in [5.41, 5.74) is 0.746. The van der Waals surface area contributed by atoms with E-state index in [2.05, 4.69) is 4.98 Å². The largest absolute Gasteiger partial charge is 0.457 e. The fraction of sp³-hybridized carbons (Fsp3) is 0.200. The normalized spacial score (nSPS) is 11.8. The average Bonchev–Trinajstić information content (AvgIpc) is 3.11. The van der Waals surface area contributed by atoms with Gasteiger partial charge in [0.05, 0.1) is 11.8 Å². The Morgan fingerprint density at radius 3 is 2.75 bits per heavy atom. The number of benzene rings is 2. The van der Waals surface area contributed by atoms with E-state index in [0.29, 0.717) is 10.0 Å². The van der Waals surface area contributed by atoms with Gasteiger partial charge in [0, 0.05) is 26.4 Å². The summed E-state index contributed by atoms with van der Waals surface area (Å²) < 4.78 is 5.06. The van der Waals surface area contributed by atoms with Gasteiger partial charge in [-0.3, -0.25) is 9.59 Å². The number of nitriles is 1. The summed E-state index contributed by atoms with van der Waals surface area (Å²) >= 11 is 8.82. The number of carbonyl (C=O) groups excluding carboxylic acids is 2. The Labute approximate surface area is 175 Å². The molecule has 0 bridgehead atoms. The number of Topliss-reactive ketones (excluding diaryl/α,β-unsaturated/α-hetero) is 1. The summed E-state index contributed by atoms with van der Waals surface area (Å²) in [5, 5.41) is 13.9. The zero-order valence-corrected chi connectivity index (χ0v) is 17.2. The molecule has 0 fully saturated rings. The van der Waals surface area contributed by atoms with Crippen LogP contribution < -0.4 is 0 Å². The molecule has 0 aliphatic carbocycles. The molecule has 28 heavy (non-hydrogen) atoms. The van der Waals surface area contributed by atoms with Crippen LogP contribution in [0.3, 0.4) is 0 Å². The van der Waals surface area contributed by atoms with Gasteiger partial charge in [0.15, 0.2) is 18.3 Å². The standard InChI is InChI=1S/C20H15ClN2O3S2/c1-12-10-28-20(23-12)14(8-22)16(24)9-26-18(25)11-27-17-7-3-5-13-4-2-6-15(21)19(13)17/h2-7,10,14H,9,11H2,1H3. The number of carbonyl (C=O) groups is 2. The summed E-state index contributed by atoms with van der Waals surface area (Å²) in [6.45, 7) is 1.34. The molecule has 2 aromatic carbocycles. The Hall–Kier alpha value is -2.40. The van der Waals surface area contributed by atoms with Gasteiger partial charge in [-0.1, -0.05) is 35.9 Å². The van der Waals surface area contributed by atoms with Gasteiger partial charge in [-0.15, -0.1) is 23.1 Å². The zero-order valence-electron chi connectivity index (χ0n) is 14.8. The Morgan fingerprint density at radius 2 is 2.07 bits per heavy atom. The second-order valence-electron chi connectivity index (χ2n) is 5.90. The third-order valence-corrected chi connectivity index (χ3v) is 6.25. The van der Waals surface area contributed by atoms with Gasteiger partial charge >= 0.3 is 5.97 Å². The summed E-state index contributed by atoms with van der Waals surface area (Å²) in [6.07, 6.45) is 0. The first-order valence-corrected chi connectivity index (χ1v) is 10.5. The molecule has 0 aliphatic heterocycles. The molecule has 1 unspecified atom stereocenters. The van der Waals surface area contributed by atoms with Crippen LogP contribution in [0.15, 0.2) is 46.7 Å². The van der Waals surface area contributed by atoms with Crippen LogP contribution in [0.2, 0.25) is 5.02 Å². The number of rotatable bonds is 7. The van der Waals surface area contributed by atoms with Crippen LogP contribution in [0.5, 0.6) is 0 Å². The lowest BCUT2D eigenvalue weighted by atomic mass is 10.1. The topological polar surface area (TPSA) is 80.0 Å². The van der Waals surface area contributed by atoms with Crippen LogP contribution >= 0.6 is 34.7 Å². The second-order valence-corrected chi connectivity index (χ2v) is 8.21. The zero-order chi connectivity index (χ0) is 20.1. The number of hydrogen-bond donors (Lipinski definition) is 0. The van der Waals surface area contributed by atoms with Gasteiger partial charge in [0.1, 0.15) is 5.01 Å². The summed E-state index contributed by atoms with van der Waals surface area (Å²) in [5.74, 6) is -2.00. The summed E-state index contributed by atoms with van der Waals surface area (Å²) in [4.78, 5) is 29.3. The first kappa shape index (κ1) is 20.3. The molecule has 5 nitrogen and oxygen atoms in total. The fourth-order valence-corrected chi connectivity index (χ4v) is 4.67. The van der Waals surface area contributed by atoms with Gasteiger partial charge in [0.25, 0.3) is 0 Å². The molecule has 0 aliphatic rings. The highest BCUT2D eigenvalue weighted by atomic mass is 35.5. The van der Waals surface area contributed by atoms with Crippen molar-refractivity contribution in [3.63, 3.8) is 0 Å².